The molecule has 9 heteroatoms. The molecule has 0 aliphatic heterocycles. The third-order valence-corrected chi connectivity index (χ3v) is 2.79. The molecule has 1 unspecified atom stereocenters. The highest BCUT2D eigenvalue weighted by atomic mass is 19.2. The summed E-state index contributed by atoms with van der Waals surface area (Å²) in [6.45, 7) is 4.95. The van der Waals surface area contributed by atoms with Crippen molar-refractivity contribution >= 4 is 11.8 Å². The second-order valence-electron chi connectivity index (χ2n) is 5.94. The summed E-state index contributed by atoms with van der Waals surface area (Å²) in [5.74, 6) is -2.52. The molecule has 0 aromatic heterocycles. The molecule has 7 nitrogen and oxygen atoms in total. The van der Waals surface area contributed by atoms with Crippen molar-refractivity contribution in [2.24, 2.45) is 5.73 Å². The fourth-order valence-electron chi connectivity index (χ4n) is 1.84. The minimum absolute atomic E-state index is 0.0601. The van der Waals surface area contributed by atoms with E-state index < -0.39 is 40.0 Å². The van der Waals surface area contributed by atoms with Gasteiger partial charge in [-0.15, -0.1) is 0 Å². The van der Waals surface area contributed by atoms with E-state index in [2.05, 4.69) is 5.32 Å². The lowest BCUT2D eigenvalue weighted by molar-refractivity contribution is -0.385. The average Bonchev–Trinajstić information content (AvgIpc) is 2.39. The zero-order valence-corrected chi connectivity index (χ0v) is 13.1. The Kier molecular flexibility index (Phi) is 5.97. The van der Waals surface area contributed by atoms with E-state index in [0.717, 1.165) is 6.07 Å². The van der Waals surface area contributed by atoms with Crippen molar-refractivity contribution in [3.05, 3.63) is 39.4 Å². The highest BCUT2D eigenvalue weighted by Gasteiger charge is 2.24. The predicted octanol–water partition coefficient (Wildman–Crippen LogP) is 2.27. The number of nitro groups is 1. The summed E-state index contributed by atoms with van der Waals surface area (Å²) in [7, 11) is 0. The molecule has 0 radical (unpaired) electrons. The van der Waals surface area contributed by atoms with Gasteiger partial charge in [0.15, 0.2) is 11.6 Å². The molecule has 0 bridgehead atoms. The van der Waals surface area contributed by atoms with E-state index >= 15 is 0 Å². The van der Waals surface area contributed by atoms with Gasteiger partial charge in [0.2, 0.25) is 0 Å². The molecule has 0 aliphatic carbocycles. The highest BCUT2D eigenvalue weighted by Crippen LogP contribution is 2.23. The molecule has 0 saturated carbocycles. The quantitative estimate of drug-likeness (QED) is 0.635. The number of benzene rings is 1. The van der Waals surface area contributed by atoms with Crippen LogP contribution in [0, 0.1) is 21.7 Å². The Bertz CT molecular complexity index is 602. The standard InChI is InChI=1S/C14H19F2N3O4/c1-14(2,3)23-13(20)18-9(7-17)4-8-5-10(15)11(16)6-12(8)19(21)22/h5-6,9H,4,7,17H2,1-3H3,(H,18,20). The number of alkyl carbamates (subject to hydrolysis) is 1. The van der Waals surface area contributed by atoms with Crippen LogP contribution in [-0.4, -0.2) is 29.2 Å². The molecular formula is C14H19F2N3O4. The molecule has 0 spiro atoms. The van der Waals surface area contributed by atoms with E-state index in [1.165, 1.54) is 0 Å². The first kappa shape index (κ1) is 18.8. The number of carbonyl (C=O) groups is 1. The molecule has 1 rings (SSSR count). The third kappa shape index (κ3) is 5.78. The highest BCUT2D eigenvalue weighted by molar-refractivity contribution is 5.68. The number of nitrogens with two attached hydrogens (primary N) is 1. The van der Waals surface area contributed by atoms with Crippen molar-refractivity contribution in [1.29, 1.82) is 0 Å². The monoisotopic (exact) mass is 331 g/mol. The molecular weight excluding hydrogens is 312 g/mol. The topological polar surface area (TPSA) is 107 Å². The lowest BCUT2D eigenvalue weighted by Gasteiger charge is -2.23. The second-order valence-corrected chi connectivity index (χ2v) is 5.94. The van der Waals surface area contributed by atoms with Crippen LogP contribution in [0.3, 0.4) is 0 Å². The number of nitrogens with one attached hydrogen (secondary N) is 1. The van der Waals surface area contributed by atoms with Gasteiger partial charge in [-0.25, -0.2) is 13.6 Å². The molecule has 1 atom stereocenters. The van der Waals surface area contributed by atoms with Crippen LogP contribution in [0.25, 0.3) is 0 Å². The first-order chi connectivity index (χ1) is 10.5. The van der Waals surface area contributed by atoms with Crippen molar-refractivity contribution in [2.45, 2.75) is 38.8 Å². The van der Waals surface area contributed by atoms with Crippen LogP contribution >= 0.6 is 0 Å². The molecule has 128 valence electrons. The number of hydrogen-bond donors (Lipinski definition) is 2. The zero-order valence-electron chi connectivity index (χ0n) is 13.1. The molecule has 3 N–H and O–H groups in total. The summed E-state index contributed by atoms with van der Waals surface area (Å²) < 4.78 is 31.5. The van der Waals surface area contributed by atoms with Crippen molar-refractivity contribution in [2.75, 3.05) is 6.54 Å². The van der Waals surface area contributed by atoms with Crippen LogP contribution in [0.5, 0.6) is 0 Å². The molecule has 0 saturated heterocycles. The summed E-state index contributed by atoms with van der Waals surface area (Å²) >= 11 is 0. The van der Waals surface area contributed by atoms with Crippen molar-refractivity contribution in [3.63, 3.8) is 0 Å². The van der Waals surface area contributed by atoms with Gasteiger partial charge in [0.1, 0.15) is 5.60 Å². The van der Waals surface area contributed by atoms with Crippen molar-refractivity contribution in [3.8, 4) is 0 Å². The van der Waals surface area contributed by atoms with Crippen molar-refractivity contribution < 1.29 is 23.2 Å². The second kappa shape index (κ2) is 7.32. The van der Waals surface area contributed by atoms with Gasteiger partial charge in [-0.2, -0.15) is 0 Å². The van der Waals surface area contributed by atoms with E-state index in [1.54, 1.807) is 20.8 Å². The van der Waals surface area contributed by atoms with Gasteiger partial charge in [0, 0.05) is 24.6 Å². The number of hydrogen-bond acceptors (Lipinski definition) is 5. The molecule has 1 amide bonds. The summed E-state index contributed by atoms with van der Waals surface area (Å²) in [6.07, 6.45) is -0.887. The Morgan fingerprint density at radius 1 is 1.39 bits per heavy atom. The van der Waals surface area contributed by atoms with E-state index in [9.17, 15) is 23.7 Å². The average molecular weight is 331 g/mol. The van der Waals surface area contributed by atoms with Crippen LogP contribution in [0.2, 0.25) is 0 Å². The van der Waals surface area contributed by atoms with Crippen LogP contribution in [0.15, 0.2) is 12.1 Å². The van der Waals surface area contributed by atoms with E-state index in [-0.39, 0.29) is 18.5 Å². The third-order valence-electron chi connectivity index (χ3n) is 2.79. The summed E-state index contributed by atoms with van der Waals surface area (Å²) in [5, 5.41) is 13.4. The number of amides is 1. The SMILES string of the molecule is CC(C)(C)OC(=O)NC(CN)Cc1cc(F)c(F)cc1[N+](=O)[O-]. The Hall–Kier alpha value is -2.29. The first-order valence-corrected chi connectivity index (χ1v) is 6.85. The zero-order chi connectivity index (χ0) is 17.8. The van der Waals surface area contributed by atoms with Crippen molar-refractivity contribution in [1.82, 2.24) is 5.32 Å². The Labute approximate surface area is 131 Å². The summed E-state index contributed by atoms with van der Waals surface area (Å²) in [5.41, 5.74) is 4.15. The van der Waals surface area contributed by atoms with Gasteiger partial charge in [-0.3, -0.25) is 10.1 Å². The minimum Gasteiger partial charge on any atom is -0.444 e. The maximum absolute atomic E-state index is 13.3. The molecule has 23 heavy (non-hydrogen) atoms. The normalized spacial score (nSPS) is 12.6. The molecule has 1 aromatic rings. The van der Waals surface area contributed by atoms with Gasteiger partial charge in [-0.1, -0.05) is 0 Å². The Morgan fingerprint density at radius 3 is 2.43 bits per heavy atom. The van der Waals surface area contributed by atoms with E-state index in [1.807, 2.05) is 0 Å². The number of rotatable bonds is 5. The summed E-state index contributed by atoms with van der Waals surface area (Å²) in [4.78, 5) is 21.8. The summed E-state index contributed by atoms with van der Waals surface area (Å²) in [6, 6.07) is 0.506. The number of carbonyl (C=O) groups excluding carboxylic acids is 1. The number of nitro benzene ring substituents is 1. The van der Waals surface area contributed by atoms with Crippen LogP contribution in [0.4, 0.5) is 19.3 Å². The largest absolute Gasteiger partial charge is 0.444 e. The smallest absolute Gasteiger partial charge is 0.407 e. The molecule has 0 aliphatic rings. The van der Waals surface area contributed by atoms with E-state index in [4.69, 9.17) is 10.5 Å². The number of nitrogens with zero attached hydrogens (tertiary/aromatic N) is 1. The van der Waals surface area contributed by atoms with E-state index in [0.29, 0.717) is 6.07 Å². The molecule has 0 heterocycles. The minimum atomic E-state index is -1.31. The van der Waals surface area contributed by atoms with Crippen LogP contribution in [0.1, 0.15) is 26.3 Å². The maximum Gasteiger partial charge on any atom is 0.407 e. The number of halogens is 2. The van der Waals surface area contributed by atoms with Gasteiger partial charge < -0.3 is 15.8 Å². The van der Waals surface area contributed by atoms with Crippen LogP contribution < -0.4 is 11.1 Å². The van der Waals surface area contributed by atoms with Crippen LogP contribution in [-0.2, 0) is 11.2 Å². The van der Waals surface area contributed by atoms with Gasteiger partial charge >= 0.3 is 6.09 Å². The first-order valence-electron chi connectivity index (χ1n) is 6.85. The van der Waals surface area contributed by atoms with Gasteiger partial charge in [0.25, 0.3) is 5.69 Å². The molecule has 1 aromatic carbocycles. The lowest BCUT2D eigenvalue weighted by atomic mass is 10.0. The van der Waals surface area contributed by atoms with Gasteiger partial charge in [-0.05, 0) is 26.8 Å². The predicted molar refractivity (Wildman–Crippen MR) is 78.9 cm³/mol. The maximum atomic E-state index is 13.3. The molecule has 0 fully saturated rings. The number of ether oxygens (including phenoxy) is 1. The Balaban J connectivity index is 2.93. The lowest BCUT2D eigenvalue weighted by Crippen LogP contribution is -2.44. The van der Waals surface area contributed by atoms with Gasteiger partial charge in [0.05, 0.1) is 11.0 Å². The fraction of sp³-hybridized carbons (Fsp3) is 0.500. The Morgan fingerprint density at radius 2 is 1.96 bits per heavy atom. The fourth-order valence-corrected chi connectivity index (χ4v) is 1.84.